The molecule has 1 atom stereocenters. The lowest BCUT2D eigenvalue weighted by atomic mass is 10.1. The first kappa shape index (κ1) is 18.6. The molecule has 26 heavy (non-hydrogen) atoms. The van der Waals surface area contributed by atoms with Crippen molar-refractivity contribution < 1.29 is 17.9 Å². The SMILES string of the molecule is COc1ccccc1S(=O)(=O)N1CCCC(Oc2nc(C)cc(C)n2)C1. The van der Waals surface area contributed by atoms with Crippen molar-refractivity contribution in [2.75, 3.05) is 20.2 Å². The number of hydrogen-bond donors (Lipinski definition) is 0. The highest BCUT2D eigenvalue weighted by atomic mass is 32.2. The van der Waals surface area contributed by atoms with Crippen LogP contribution in [0.4, 0.5) is 0 Å². The Labute approximate surface area is 154 Å². The monoisotopic (exact) mass is 377 g/mol. The molecule has 0 spiro atoms. The van der Waals surface area contributed by atoms with Crippen molar-refractivity contribution >= 4 is 10.0 Å². The third-order valence-electron chi connectivity index (χ3n) is 4.26. The van der Waals surface area contributed by atoms with E-state index in [0.29, 0.717) is 24.7 Å². The number of rotatable bonds is 5. The second kappa shape index (κ2) is 7.59. The second-order valence-corrected chi connectivity index (χ2v) is 8.24. The van der Waals surface area contributed by atoms with Crippen molar-refractivity contribution in [3.05, 3.63) is 41.7 Å². The summed E-state index contributed by atoms with van der Waals surface area (Å²) in [6.07, 6.45) is 1.19. The fourth-order valence-electron chi connectivity index (χ4n) is 3.09. The van der Waals surface area contributed by atoms with Gasteiger partial charge in [0, 0.05) is 17.9 Å². The lowest BCUT2D eigenvalue weighted by molar-refractivity contribution is 0.118. The van der Waals surface area contributed by atoms with Crippen molar-refractivity contribution in [1.82, 2.24) is 14.3 Å². The molecule has 0 radical (unpaired) electrons. The molecule has 1 saturated heterocycles. The van der Waals surface area contributed by atoms with Crippen molar-refractivity contribution in [3.8, 4) is 11.8 Å². The molecule has 3 rings (SSSR count). The molecule has 1 fully saturated rings. The first-order valence-electron chi connectivity index (χ1n) is 8.52. The van der Waals surface area contributed by atoms with Gasteiger partial charge in [0.25, 0.3) is 0 Å². The van der Waals surface area contributed by atoms with E-state index in [1.54, 1.807) is 24.3 Å². The minimum absolute atomic E-state index is 0.172. The number of nitrogens with zero attached hydrogens (tertiary/aromatic N) is 3. The number of aromatic nitrogens is 2. The van der Waals surface area contributed by atoms with Gasteiger partial charge in [-0.3, -0.25) is 0 Å². The van der Waals surface area contributed by atoms with Gasteiger partial charge in [0.05, 0.1) is 13.7 Å². The number of sulfonamides is 1. The van der Waals surface area contributed by atoms with Gasteiger partial charge in [0.15, 0.2) is 0 Å². The number of para-hydroxylation sites is 1. The third-order valence-corrected chi connectivity index (χ3v) is 6.17. The van der Waals surface area contributed by atoms with Crippen molar-refractivity contribution in [2.45, 2.75) is 37.7 Å². The van der Waals surface area contributed by atoms with Crippen LogP contribution in [0.3, 0.4) is 0 Å². The fourth-order valence-corrected chi connectivity index (χ4v) is 4.75. The van der Waals surface area contributed by atoms with Crippen LogP contribution in [0.2, 0.25) is 0 Å². The van der Waals surface area contributed by atoms with E-state index in [4.69, 9.17) is 9.47 Å². The zero-order valence-electron chi connectivity index (χ0n) is 15.2. The molecular formula is C18H23N3O4S. The Kier molecular flexibility index (Phi) is 5.43. The molecule has 1 unspecified atom stereocenters. The number of hydrogen-bond acceptors (Lipinski definition) is 6. The van der Waals surface area contributed by atoms with E-state index in [2.05, 4.69) is 9.97 Å². The fraction of sp³-hybridized carbons (Fsp3) is 0.444. The van der Waals surface area contributed by atoms with Crippen LogP contribution in [-0.2, 0) is 10.0 Å². The zero-order valence-corrected chi connectivity index (χ0v) is 16.0. The summed E-state index contributed by atoms with van der Waals surface area (Å²) >= 11 is 0. The predicted octanol–water partition coefficient (Wildman–Crippen LogP) is 2.33. The predicted molar refractivity (Wildman–Crippen MR) is 96.9 cm³/mol. The van der Waals surface area contributed by atoms with Crippen molar-refractivity contribution in [1.29, 1.82) is 0 Å². The molecule has 2 aromatic rings. The average molecular weight is 377 g/mol. The molecule has 0 saturated carbocycles. The highest BCUT2D eigenvalue weighted by Crippen LogP contribution is 2.28. The lowest BCUT2D eigenvalue weighted by Gasteiger charge is -2.31. The number of benzene rings is 1. The zero-order chi connectivity index (χ0) is 18.7. The highest BCUT2D eigenvalue weighted by molar-refractivity contribution is 7.89. The molecule has 0 amide bonds. The summed E-state index contributed by atoms with van der Waals surface area (Å²) in [5.74, 6) is 0.341. The van der Waals surface area contributed by atoms with Crippen LogP contribution in [0, 0.1) is 13.8 Å². The smallest absolute Gasteiger partial charge is 0.317 e. The summed E-state index contributed by atoms with van der Waals surface area (Å²) in [5, 5.41) is 0. The molecule has 1 aromatic carbocycles. The van der Waals surface area contributed by atoms with E-state index in [9.17, 15) is 8.42 Å². The molecule has 7 nitrogen and oxygen atoms in total. The Bertz CT molecular complexity index is 866. The van der Waals surface area contributed by atoms with Crippen LogP contribution < -0.4 is 9.47 Å². The Morgan fingerprint density at radius 2 is 1.85 bits per heavy atom. The average Bonchev–Trinajstić information content (AvgIpc) is 2.61. The van der Waals surface area contributed by atoms with Gasteiger partial charge in [-0.1, -0.05) is 12.1 Å². The van der Waals surface area contributed by atoms with Crippen LogP contribution in [-0.4, -0.2) is 49.0 Å². The minimum atomic E-state index is -3.66. The topological polar surface area (TPSA) is 81.6 Å². The van der Waals surface area contributed by atoms with E-state index in [1.807, 2.05) is 19.9 Å². The molecule has 2 heterocycles. The van der Waals surface area contributed by atoms with Gasteiger partial charge in [0.1, 0.15) is 16.7 Å². The van der Waals surface area contributed by atoms with Crippen LogP contribution in [0.5, 0.6) is 11.8 Å². The number of piperidine rings is 1. The second-order valence-electron chi connectivity index (χ2n) is 6.33. The minimum Gasteiger partial charge on any atom is -0.495 e. The van der Waals surface area contributed by atoms with Gasteiger partial charge in [-0.05, 0) is 44.9 Å². The summed E-state index contributed by atoms with van der Waals surface area (Å²) in [6.45, 7) is 4.46. The summed E-state index contributed by atoms with van der Waals surface area (Å²) in [7, 11) is -2.19. The van der Waals surface area contributed by atoms with Crippen LogP contribution in [0.1, 0.15) is 24.2 Å². The van der Waals surface area contributed by atoms with E-state index < -0.39 is 10.0 Å². The van der Waals surface area contributed by atoms with Crippen molar-refractivity contribution in [2.24, 2.45) is 0 Å². The first-order valence-corrected chi connectivity index (χ1v) is 9.96. The Balaban J connectivity index is 1.79. The van der Waals surface area contributed by atoms with Crippen LogP contribution in [0.15, 0.2) is 35.2 Å². The van der Waals surface area contributed by atoms with E-state index >= 15 is 0 Å². The first-order chi connectivity index (χ1) is 12.4. The Morgan fingerprint density at radius 1 is 1.15 bits per heavy atom. The van der Waals surface area contributed by atoms with Gasteiger partial charge in [-0.15, -0.1) is 0 Å². The highest BCUT2D eigenvalue weighted by Gasteiger charge is 2.33. The van der Waals surface area contributed by atoms with Crippen LogP contribution >= 0.6 is 0 Å². The number of aryl methyl sites for hydroxylation is 2. The van der Waals surface area contributed by atoms with Gasteiger partial charge in [-0.25, -0.2) is 18.4 Å². The summed E-state index contributed by atoms with van der Waals surface area (Å²) in [5.41, 5.74) is 1.64. The standard InChI is InChI=1S/C18H23N3O4S/c1-13-11-14(2)20-18(19-13)25-15-7-6-10-21(12-15)26(22,23)17-9-5-4-8-16(17)24-3/h4-5,8-9,11,15H,6-7,10,12H2,1-3H3. The van der Waals surface area contributed by atoms with Gasteiger partial charge < -0.3 is 9.47 Å². The molecular weight excluding hydrogens is 354 g/mol. The Hall–Kier alpha value is -2.19. The maximum atomic E-state index is 13.0. The molecule has 140 valence electrons. The van der Waals surface area contributed by atoms with E-state index in [1.165, 1.54) is 11.4 Å². The van der Waals surface area contributed by atoms with Gasteiger partial charge in [0.2, 0.25) is 10.0 Å². The number of ether oxygens (including phenoxy) is 2. The summed E-state index contributed by atoms with van der Waals surface area (Å²) in [4.78, 5) is 8.73. The molecule has 0 N–H and O–H groups in total. The van der Waals surface area contributed by atoms with Crippen LogP contribution in [0.25, 0.3) is 0 Å². The largest absolute Gasteiger partial charge is 0.495 e. The van der Waals surface area contributed by atoms with Gasteiger partial charge >= 0.3 is 6.01 Å². The quantitative estimate of drug-likeness (QED) is 0.795. The summed E-state index contributed by atoms with van der Waals surface area (Å²) < 4.78 is 38.6. The molecule has 0 bridgehead atoms. The van der Waals surface area contributed by atoms with E-state index in [0.717, 1.165) is 17.8 Å². The number of methoxy groups -OCH3 is 1. The Morgan fingerprint density at radius 3 is 2.54 bits per heavy atom. The third kappa shape index (κ3) is 3.96. The van der Waals surface area contributed by atoms with Gasteiger partial charge in [-0.2, -0.15) is 4.31 Å². The lowest BCUT2D eigenvalue weighted by Crippen LogP contribution is -2.44. The summed E-state index contributed by atoms with van der Waals surface area (Å²) in [6, 6.07) is 8.81. The maximum absolute atomic E-state index is 13.0. The molecule has 0 aliphatic carbocycles. The molecule has 1 aromatic heterocycles. The van der Waals surface area contributed by atoms with E-state index in [-0.39, 0.29) is 17.5 Å². The molecule has 1 aliphatic heterocycles. The van der Waals surface area contributed by atoms with Crippen molar-refractivity contribution in [3.63, 3.8) is 0 Å². The maximum Gasteiger partial charge on any atom is 0.317 e. The molecule has 1 aliphatic rings. The normalized spacial score (nSPS) is 18.5. The molecule has 8 heteroatoms.